The third-order valence-electron chi connectivity index (χ3n) is 7.83. The number of H-pyrrole nitrogens is 1. The molecule has 0 bridgehead atoms. The molecule has 0 radical (unpaired) electrons. The van der Waals surface area contributed by atoms with E-state index in [4.69, 9.17) is 16.3 Å². The molecule has 2 aromatic carbocycles. The Morgan fingerprint density at radius 1 is 1.23 bits per heavy atom. The maximum Gasteiger partial charge on any atom is 0.225 e. The molecule has 1 N–H and O–H groups in total. The summed E-state index contributed by atoms with van der Waals surface area (Å²) < 4.78 is 5.56. The van der Waals surface area contributed by atoms with E-state index in [1.54, 1.807) is 7.11 Å². The Morgan fingerprint density at radius 2 is 2.10 bits per heavy atom. The van der Waals surface area contributed by atoms with E-state index in [0.717, 1.165) is 61.5 Å². The van der Waals surface area contributed by atoms with Crippen molar-refractivity contribution < 1.29 is 9.53 Å². The molecule has 1 aliphatic heterocycles. The molecule has 2 atom stereocenters. The Morgan fingerprint density at radius 3 is 2.90 bits per heavy atom. The molecule has 3 aliphatic rings. The maximum atomic E-state index is 12.9. The van der Waals surface area contributed by atoms with Crippen LogP contribution in [0.2, 0.25) is 5.02 Å². The van der Waals surface area contributed by atoms with Gasteiger partial charge >= 0.3 is 0 Å². The molecule has 31 heavy (non-hydrogen) atoms. The molecule has 1 saturated carbocycles. The highest BCUT2D eigenvalue weighted by molar-refractivity contribution is 6.31. The monoisotopic (exact) mass is 434 g/mol. The second-order valence-corrected chi connectivity index (χ2v) is 9.98. The average Bonchev–Trinajstić information content (AvgIpc) is 3.59. The largest absolute Gasteiger partial charge is 0.497 e. The van der Waals surface area contributed by atoms with Gasteiger partial charge in [0.15, 0.2) is 0 Å². The normalized spacial score (nSPS) is 25.2. The zero-order chi connectivity index (χ0) is 21.2. The summed E-state index contributed by atoms with van der Waals surface area (Å²) in [5, 5.41) is 2.00. The van der Waals surface area contributed by atoms with Gasteiger partial charge < -0.3 is 14.6 Å². The molecule has 2 fully saturated rings. The molecule has 6 rings (SSSR count). The summed E-state index contributed by atoms with van der Waals surface area (Å²) in [5.74, 6) is 1.92. The van der Waals surface area contributed by atoms with E-state index in [9.17, 15) is 4.79 Å². The van der Waals surface area contributed by atoms with Gasteiger partial charge in [-0.05, 0) is 79.5 Å². The smallest absolute Gasteiger partial charge is 0.225 e. The van der Waals surface area contributed by atoms with Gasteiger partial charge in [-0.1, -0.05) is 23.7 Å². The molecule has 1 saturated heterocycles. The number of aromatic amines is 1. The number of hydrogen-bond acceptors (Lipinski definition) is 2. The molecule has 1 amide bonds. The number of halogens is 1. The minimum absolute atomic E-state index is 0.00649. The standard InChI is InChI=1S/C26H27ClN2O2/c1-31-20-4-2-3-17(11-20)26-9-10-29(25(30)16-5-6-16)15-18(26)12-21-22-13-19(27)7-8-23(22)28-24(21)14-26/h2-4,7-8,11,13,16,18,28H,5-6,9-10,12,14-15H2,1H3/t18?,26-/m1/s1. The molecule has 4 nitrogen and oxygen atoms in total. The van der Waals surface area contributed by atoms with Crippen LogP contribution < -0.4 is 4.74 Å². The highest BCUT2D eigenvalue weighted by Crippen LogP contribution is 2.50. The summed E-state index contributed by atoms with van der Waals surface area (Å²) in [5.41, 5.74) is 5.18. The van der Waals surface area contributed by atoms with Crippen LogP contribution in [0.5, 0.6) is 5.75 Å². The summed E-state index contributed by atoms with van der Waals surface area (Å²) >= 11 is 6.34. The van der Waals surface area contributed by atoms with E-state index in [2.05, 4.69) is 40.2 Å². The molecule has 2 aliphatic carbocycles. The number of likely N-dealkylation sites (tertiary alicyclic amines) is 1. The fourth-order valence-corrected chi connectivity index (χ4v) is 6.16. The summed E-state index contributed by atoms with van der Waals surface area (Å²) in [7, 11) is 1.73. The van der Waals surface area contributed by atoms with Crippen LogP contribution >= 0.6 is 11.6 Å². The summed E-state index contributed by atoms with van der Waals surface area (Å²) in [6, 6.07) is 14.7. The third kappa shape index (κ3) is 3.07. The van der Waals surface area contributed by atoms with E-state index in [1.165, 1.54) is 22.2 Å². The molecular weight excluding hydrogens is 408 g/mol. The number of nitrogens with one attached hydrogen (secondary N) is 1. The van der Waals surface area contributed by atoms with Gasteiger partial charge in [-0.15, -0.1) is 0 Å². The molecule has 3 aromatic rings. The topological polar surface area (TPSA) is 45.3 Å². The number of hydrogen-bond donors (Lipinski definition) is 1. The molecule has 2 heterocycles. The number of benzene rings is 2. The zero-order valence-electron chi connectivity index (χ0n) is 17.8. The molecule has 1 aromatic heterocycles. The van der Waals surface area contributed by atoms with Crippen LogP contribution in [0.4, 0.5) is 0 Å². The van der Waals surface area contributed by atoms with Crippen LogP contribution in [-0.2, 0) is 23.1 Å². The first kappa shape index (κ1) is 19.2. The first-order valence-corrected chi connectivity index (χ1v) is 11.7. The van der Waals surface area contributed by atoms with Crippen LogP contribution in [0.1, 0.15) is 36.1 Å². The lowest BCUT2D eigenvalue weighted by atomic mass is 9.58. The van der Waals surface area contributed by atoms with E-state index in [1.807, 2.05) is 12.1 Å². The molecule has 5 heteroatoms. The van der Waals surface area contributed by atoms with Crippen molar-refractivity contribution in [3.63, 3.8) is 0 Å². The van der Waals surface area contributed by atoms with Gasteiger partial charge in [0.1, 0.15) is 5.75 Å². The van der Waals surface area contributed by atoms with Crippen molar-refractivity contribution in [3.8, 4) is 5.75 Å². The predicted octanol–water partition coefficient (Wildman–Crippen LogP) is 5.13. The minimum Gasteiger partial charge on any atom is -0.497 e. The number of fused-ring (bicyclic) bond motifs is 4. The maximum absolute atomic E-state index is 12.9. The van der Waals surface area contributed by atoms with Crippen molar-refractivity contribution in [3.05, 3.63) is 64.3 Å². The summed E-state index contributed by atoms with van der Waals surface area (Å²) in [6.45, 7) is 1.67. The van der Waals surface area contributed by atoms with Gasteiger partial charge in [0.25, 0.3) is 0 Å². The third-order valence-corrected chi connectivity index (χ3v) is 8.07. The minimum atomic E-state index is 0.00649. The first-order valence-electron chi connectivity index (χ1n) is 11.3. The molecule has 160 valence electrons. The Bertz CT molecular complexity index is 1180. The van der Waals surface area contributed by atoms with Crippen LogP contribution in [0, 0.1) is 11.8 Å². The number of piperidine rings is 1. The lowest BCUT2D eigenvalue weighted by molar-refractivity contribution is -0.135. The van der Waals surface area contributed by atoms with Crippen LogP contribution in [0.15, 0.2) is 42.5 Å². The van der Waals surface area contributed by atoms with E-state index in [-0.39, 0.29) is 11.3 Å². The van der Waals surface area contributed by atoms with Gasteiger partial charge in [0.2, 0.25) is 5.91 Å². The number of carbonyl (C=O) groups excluding carboxylic acids is 1. The number of rotatable bonds is 3. The van der Waals surface area contributed by atoms with Gasteiger partial charge in [0, 0.05) is 46.0 Å². The van der Waals surface area contributed by atoms with Crippen LogP contribution in [0.3, 0.4) is 0 Å². The molecular formula is C26H27ClN2O2. The highest BCUT2D eigenvalue weighted by Gasteiger charge is 2.50. The van der Waals surface area contributed by atoms with Crippen LogP contribution in [0.25, 0.3) is 10.9 Å². The fourth-order valence-electron chi connectivity index (χ4n) is 5.99. The fraction of sp³-hybridized carbons (Fsp3) is 0.423. The summed E-state index contributed by atoms with van der Waals surface area (Å²) in [4.78, 5) is 18.7. The second kappa shape index (κ2) is 7.03. The van der Waals surface area contributed by atoms with Crippen molar-refractivity contribution in [1.82, 2.24) is 9.88 Å². The van der Waals surface area contributed by atoms with Crippen molar-refractivity contribution in [1.29, 1.82) is 0 Å². The quantitative estimate of drug-likeness (QED) is 0.621. The Labute approximate surface area is 187 Å². The van der Waals surface area contributed by atoms with Gasteiger partial charge in [-0.2, -0.15) is 0 Å². The van der Waals surface area contributed by atoms with Crippen molar-refractivity contribution in [2.75, 3.05) is 20.2 Å². The highest BCUT2D eigenvalue weighted by atomic mass is 35.5. The van der Waals surface area contributed by atoms with E-state index >= 15 is 0 Å². The zero-order valence-corrected chi connectivity index (χ0v) is 18.5. The molecule has 1 unspecified atom stereocenters. The number of methoxy groups -OCH3 is 1. The number of carbonyl (C=O) groups is 1. The van der Waals surface area contributed by atoms with E-state index in [0.29, 0.717) is 11.8 Å². The number of ether oxygens (including phenoxy) is 1. The summed E-state index contributed by atoms with van der Waals surface area (Å²) in [6.07, 6.45) is 5.02. The first-order chi connectivity index (χ1) is 15.1. The Balaban J connectivity index is 1.46. The van der Waals surface area contributed by atoms with Gasteiger partial charge in [0.05, 0.1) is 7.11 Å². The lowest BCUT2D eigenvalue weighted by Crippen LogP contribution is -2.55. The van der Waals surface area contributed by atoms with E-state index < -0.39 is 0 Å². The second-order valence-electron chi connectivity index (χ2n) is 9.55. The number of nitrogens with zero attached hydrogens (tertiary/aromatic N) is 1. The average molecular weight is 435 g/mol. The van der Waals surface area contributed by atoms with Crippen molar-refractivity contribution in [2.45, 2.75) is 37.5 Å². The van der Waals surface area contributed by atoms with Gasteiger partial charge in [-0.25, -0.2) is 0 Å². The SMILES string of the molecule is COc1cccc([C@]23CCN(C(=O)C4CC4)CC2Cc2c([nH]c4ccc(Cl)cc24)C3)c1. The van der Waals surface area contributed by atoms with Crippen molar-refractivity contribution in [2.24, 2.45) is 11.8 Å². The van der Waals surface area contributed by atoms with Crippen molar-refractivity contribution >= 4 is 28.4 Å². The van der Waals surface area contributed by atoms with Crippen LogP contribution in [-0.4, -0.2) is 36.0 Å². The number of aromatic nitrogens is 1. The number of amides is 1. The Hall–Kier alpha value is -2.46. The molecule has 0 spiro atoms. The predicted molar refractivity (Wildman–Crippen MR) is 123 cm³/mol. The Kier molecular flexibility index (Phi) is 4.36. The lowest BCUT2D eigenvalue weighted by Gasteiger charge is -2.51. The van der Waals surface area contributed by atoms with Gasteiger partial charge in [-0.3, -0.25) is 4.79 Å².